The van der Waals surface area contributed by atoms with Gasteiger partial charge in [-0.2, -0.15) is 0 Å². The lowest BCUT2D eigenvalue weighted by Crippen LogP contribution is -2.54. The van der Waals surface area contributed by atoms with Crippen molar-refractivity contribution in [3.05, 3.63) is 95.6 Å². The molecule has 0 spiro atoms. The number of amides is 2. The first-order valence-corrected chi connectivity index (χ1v) is 16.7. The molecule has 0 bridgehead atoms. The van der Waals surface area contributed by atoms with Crippen molar-refractivity contribution in [2.75, 3.05) is 24.2 Å². The highest BCUT2D eigenvalue weighted by Gasteiger charge is 2.34. The lowest BCUT2D eigenvalue weighted by atomic mass is 10.0. The molecule has 1 atom stereocenters. The van der Waals surface area contributed by atoms with Crippen LogP contribution >= 0.6 is 0 Å². The van der Waals surface area contributed by atoms with E-state index in [9.17, 15) is 18.0 Å². The van der Waals surface area contributed by atoms with Crippen LogP contribution in [0.2, 0.25) is 0 Å². The molecule has 0 aromatic heterocycles. The summed E-state index contributed by atoms with van der Waals surface area (Å²) in [6.07, 6.45) is 5.30. The molecule has 1 aliphatic rings. The maximum Gasteiger partial charge on any atom is 0.244 e. The Hall–Kier alpha value is -3.85. The number of nitrogens with zero attached hydrogens (tertiary/aromatic N) is 2. The molecule has 0 saturated heterocycles. The Kier molecular flexibility index (Phi) is 10.9. The van der Waals surface area contributed by atoms with E-state index in [0.717, 1.165) is 52.9 Å². The number of sulfonamides is 1. The van der Waals surface area contributed by atoms with E-state index >= 15 is 0 Å². The predicted octanol–water partition coefficient (Wildman–Crippen LogP) is 5.28. The number of benzene rings is 3. The number of anilines is 1. The van der Waals surface area contributed by atoms with Crippen LogP contribution in [0.4, 0.5) is 5.69 Å². The monoisotopic (exact) mass is 605 g/mol. The number of methoxy groups -OCH3 is 1. The quantitative estimate of drug-likeness (QED) is 0.286. The molecule has 9 heteroatoms. The van der Waals surface area contributed by atoms with Gasteiger partial charge in [0, 0.05) is 19.0 Å². The molecule has 1 fully saturated rings. The second-order valence-electron chi connectivity index (χ2n) is 11.6. The molecule has 3 aromatic rings. The zero-order chi connectivity index (χ0) is 31.0. The molecule has 1 saturated carbocycles. The van der Waals surface area contributed by atoms with Crippen molar-refractivity contribution >= 4 is 27.5 Å². The minimum atomic E-state index is -3.82. The molecule has 0 radical (unpaired) electrons. The zero-order valence-corrected chi connectivity index (χ0v) is 26.3. The van der Waals surface area contributed by atoms with E-state index in [-0.39, 0.29) is 30.8 Å². The average molecular weight is 606 g/mol. The summed E-state index contributed by atoms with van der Waals surface area (Å²) in [4.78, 5) is 29.8. The molecule has 0 aliphatic heterocycles. The van der Waals surface area contributed by atoms with Crippen LogP contribution in [-0.2, 0) is 32.6 Å². The third-order valence-electron chi connectivity index (χ3n) is 7.99. The summed E-state index contributed by atoms with van der Waals surface area (Å²) in [6.45, 7) is 3.79. The topological polar surface area (TPSA) is 96.0 Å². The first-order chi connectivity index (χ1) is 20.5. The number of carbonyl (C=O) groups excluding carboxylic acids is 2. The summed E-state index contributed by atoms with van der Waals surface area (Å²) in [5, 5.41) is 3.19. The number of carbonyl (C=O) groups is 2. The molecule has 1 N–H and O–H groups in total. The van der Waals surface area contributed by atoms with Crippen LogP contribution in [0.25, 0.3) is 0 Å². The third-order valence-corrected chi connectivity index (χ3v) is 9.13. The second-order valence-corrected chi connectivity index (χ2v) is 13.5. The number of nitrogens with one attached hydrogen (secondary N) is 1. The zero-order valence-electron chi connectivity index (χ0n) is 25.5. The minimum Gasteiger partial charge on any atom is -0.497 e. The smallest absolute Gasteiger partial charge is 0.244 e. The van der Waals surface area contributed by atoms with Gasteiger partial charge in [-0.25, -0.2) is 8.42 Å². The van der Waals surface area contributed by atoms with Crippen molar-refractivity contribution in [1.82, 2.24) is 10.2 Å². The van der Waals surface area contributed by atoms with Crippen molar-refractivity contribution in [2.24, 2.45) is 0 Å². The Morgan fingerprint density at radius 2 is 1.58 bits per heavy atom. The Balaban J connectivity index is 1.72. The fraction of sp³-hybridized carbons (Fsp3) is 0.412. The molecule has 4 rings (SSSR count). The van der Waals surface area contributed by atoms with Crippen molar-refractivity contribution < 1.29 is 22.7 Å². The first kappa shape index (κ1) is 32.1. The molecule has 0 heterocycles. The summed E-state index contributed by atoms with van der Waals surface area (Å²) in [5.74, 6) is 0.198. The third kappa shape index (κ3) is 8.83. The molecule has 43 heavy (non-hydrogen) atoms. The minimum absolute atomic E-state index is 0.0616. The Bertz CT molecular complexity index is 1470. The Morgan fingerprint density at radius 3 is 2.19 bits per heavy atom. The van der Waals surface area contributed by atoms with E-state index in [1.165, 1.54) is 4.90 Å². The van der Waals surface area contributed by atoms with Crippen molar-refractivity contribution in [3.8, 4) is 5.75 Å². The molecule has 1 aliphatic carbocycles. The highest BCUT2D eigenvalue weighted by molar-refractivity contribution is 7.92. The van der Waals surface area contributed by atoms with Gasteiger partial charge in [-0.3, -0.25) is 13.9 Å². The maximum atomic E-state index is 14.3. The van der Waals surface area contributed by atoms with Crippen molar-refractivity contribution in [2.45, 2.75) is 70.5 Å². The van der Waals surface area contributed by atoms with Crippen LogP contribution in [0.15, 0.2) is 78.9 Å². The highest BCUT2D eigenvalue weighted by Crippen LogP contribution is 2.25. The largest absolute Gasteiger partial charge is 0.497 e. The maximum absolute atomic E-state index is 14.3. The summed E-state index contributed by atoms with van der Waals surface area (Å²) < 4.78 is 32.6. The van der Waals surface area contributed by atoms with Crippen LogP contribution in [0.1, 0.15) is 62.1 Å². The summed E-state index contributed by atoms with van der Waals surface area (Å²) >= 11 is 0. The fourth-order valence-corrected chi connectivity index (χ4v) is 6.38. The van der Waals surface area contributed by atoms with E-state index in [4.69, 9.17) is 4.74 Å². The Labute approximate surface area is 256 Å². The normalized spacial score (nSPS) is 14.3. The van der Waals surface area contributed by atoms with E-state index in [1.807, 2.05) is 66.7 Å². The van der Waals surface area contributed by atoms with Gasteiger partial charge in [-0.1, -0.05) is 81.3 Å². The van der Waals surface area contributed by atoms with E-state index < -0.39 is 28.5 Å². The molecule has 230 valence electrons. The van der Waals surface area contributed by atoms with Gasteiger partial charge >= 0.3 is 0 Å². The second kappa shape index (κ2) is 14.6. The summed E-state index contributed by atoms with van der Waals surface area (Å²) in [6, 6.07) is 23.3. The summed E-state index contributed by atoms with van der Waals surface area (Å²) in [7, 11) is -2.25. The molecule has 2 amide bonds. The molecule has 3 aromatic carbocycles. The van der Waals surface area contributed by atoms with Gasteiger partial charge in [0.1, 0.15) is 18.3 Å². The van der Waals surface area contributed by atoms with Gasteiger partial charge in [-0.05, 0) is 59.7 Å². The summed E-state index contributed by atoms with van der Waals surface area (Å²) in [5.41, 5.74) is 3.14. The average Bonchev–Trinajstić information content (AvgIpc) is 3.50. The Morgan fingerprint density at radius 1 is 0.930 bits per heavy atom. The van der Waals surface area contributed by atoms with E-state index in [2.05, 4.69) is 19.2 Å². The van der Waals surface area contributed by atoms with Crippen LogP contribution in [0.3, 0.4) is 0 Å². The van der Waals surface area contributed by atoms with Gasteiger partial charge in [0.25, 0.3) is 0 Å². The van der Waals surface area contributed by atoms with Crippen molar-refractivity contribution in [3.63, 3.8) is 0 Å². The fourth-order valence-electron chi connectivity index (χ4n) is 5.53. The SMILES string of the molecule is COc1cccc(CN(C(=O)CN(c2ccc(C(C)C)cc2)S(C)(=O)=O)[C@@H](Cc2ccccc2)C(=O)NC2CCCC2)c1. The van der Waals surface area contributed by atoms with Crippen molar-refractivity contribution in [1.29, 1.82) is 0 Å². The highest BCUT2D eigenvalue weighted by atomic mass is 32.2. The lowest BCUT2D eigenvalue weighted by molar-refractivity contribution is -0.140. The van der Waals surface area contributed by atoms with E-state index in [1.54, 1.807) is 19.2 Å². The van der Waals surface area contributed by atoms with Gasteiger partial charge in [0.05, 0.1) is 19.1 Å². The van der Waals surface area contributed by atoms with Crippen LogP contribution < -0.4 is 14.4 Å². The van der Waals surface area contributed by atoms with Gasteiger partial charge in [0.2, 0.25) is 21.8 Å². The number of hydrogen-bond donors (Lipinski definition) is 1. The molecule has 8 nitrogen and oxygen atoms in total. The first-order valence-electron chi connectivity index (χ1n) is 14.9. The van der Waals surface area contributed by atoms with Crippen LogP contribution in [0, 0.1) is 0 Å². The van der Waals surface area contributed by atoms with Crippen LogP contribution in [-0.4, -0.2) is 57.1 Å². The van der Waals surface area contributed by atoms with Crippen LogP contribution in [0.5, 0.6) is 5.75 Å². The molecular weight excluding hydrogens is 562 g/mol. The standard InChI is InChI=1S/C34H43N3O5S/c1-25(2)28-17-19-30(20-18-28)37(43(4,40)41)24-33(38)36(23-27-13-10-16-31(21-27)42-3)32(22-26-11-6-5-7-12-26)34(39)35-29-14-8-9-15-29/h5-7,10-13,16-21,25,29,32H,8-9,14-15,22-24H2,1-4H3,(H,35,39)/t32-/m0/s1. The molecular formula is C34H43N3O5S. The number of hydrogen-bond acceptors (Lipinski definition) is 5. The van der Waals surface area contributed by atoms with E-state index in [0.29, 0.717) is 11.4 Å². The molecule has 0 unspecified atom stereocenters. The van der Waals surface area contributed by atoms with Gasteiger partial charge in [-0.15, -0.1) is 0 Å². The van der Waals surface area contributed by atoms with Gasteiger partial charge in [0.15, 0.2) is 0 Å². The predicted molar refractivity (Wildman–Crippen MR) is 171 cm³/mol. The van der Waals surface area contributed by atoms with Gasteiger partial charge < -0.3 is 15.0 Å². The number of rotatable bonds is 13. The lowest BCUT2D eigenvalue weighted by Gasteiger charge is -2.34. The number of ether oxygens (including phenoxy) is 1.